The fraction of sp³-hybridized carbons (Fsp3) is 0.636. The number of hydrogen-bond donors (Lipinski definition) is 2. The first-order chi connectivity index (χ1) is 22.5. The molecule has 2 saturated heterocycles. The summed E-state index contributed by atoms with van der Waals surface area (Å²) in [6.07, 6.45) is 3.17. The van der Waals surface area contributed by atoms with Gasteiger partial charge in [-0.25, -0.2) is 4.79 Å². The largest absolute Gasteiger partial charge is 0.444 e. The van der Waals surface area contributed by atoms with Gasteiger partial charge in [-0.2, -0.15) is 5.10 Å². The third-order valence-corrected chi connectivity index (χ3v) is 11.6. The van der Waals surface area contributed by atoms with Crippen molar-refractivity contribution in [1.29, 1.82) is 5.41 Å². The van der Waals surface area contributed by atoms with E-state index in [0.717, 1.165) is 35.6 Å². The highest BCUT2D eigenvalue weighted by molar-refractivity contribution is 14.2. The predicted molar refractivity (Wildman–Crippen MR) is 204 cm³/mol. The first-order valence-corrected chi connectivity index (χ1v) is 21.1. The molecule has 1 aliphatic carbocycles. The molecule has 3 aliphatic rings. The second kappa shape index (κ2) is 14.0. The maximum atomic E-state index is 13.2. The smallest absolute Gasteiger partial charge is 0.410 e. The van der Waals surface area contributed by atoms with Crippen LogP contribution in [0.5, 0.6) is 0 Å². The molecule has 264 valence electrons. The Morgan fingerprint density at radius 2 is 1.85 bits per heavy atom. The van der Waals surface area contributed by atoms with Gasteiger partial charge in [-0.1, -0.05) is 37.0 Å². The standard InChI is InChI=1S/C33H47Cl2IN7O4P/c1-19(2)29(44)40-9-10-42(32(7,15-40)18-46-8)28-25(26-22(14-37)24(39-48-36)11-23(34)27(26)35)20(3)43(38-28)21-12-33(13-21)16-41(17-33)30(45)47-31(4,5)6/h11,14,19,21,37,39,48H,9-10,12-13,15-18H2,1-8H3/t32-/m1/s1. The fourth-order valence-electron chi connectivity index (χ4n) is 7.53. The van der Waals surface area contributed by atoms with E-state index in [-0.39, 0.29) is 29.4 Å². The summed E-state index contributed by atoms with van der Waals surface area (Å²) in [6, 6.07) is 1.89. The Balaban J connectivity index is 1.57. The molecule has 0 bridgehead atoms. The van der Waals surface area contributed by atoms with Gasteiger partial charge in [0.25, 0.3) is 0 Å². The molecule has 1 saturated carbocycles. The number of methoxy groups -OCH3 is 1. The molecule has 2 atom stereocenters. The van der Waals surface area contributed by atoms with E-state index in [2.05, 4.69) is 50.6 Å². The number of ether oxygens (including phenoxy) is 2. The van der Waals surface area contributed by atoms with Crippen molar-refractivity contribution in [2.24, 2.45) is 11.3 Å². The van der Waals surface area contributed by atoms with Crippen molar-refractivity contribution in [1.82, 2.24) is 19.6 Å². The van der Waals surface area contributed by atoms with Gasteiger partial charge in [0, 0.05) is 91.8 Å². The van der Waals surface area contributed by atoms with Crippen molar-refractivity contribution in [2.75, 3.05) is 56.4 Å². The van der Waals surface area contributed by atoms with Crippen LogP contribution in [-0.4, -0.2) is 95.4 Å². The zero-order valence-corrected chi connectivity index (χ0v) is 33.6. The lowest BCUT2D eigenvalue weighted by Crippen LogP contribution is -2.65. The highest BCUT2D eigenvalue weighted by atomic mass is 127. The Bertz CT molecular complexity index is 1580. The number of amides is 2. The number of carbonyl (C=O) groups excluding carboxylic acids is 2. The minimum absolute atomic E-state index is 0.0415. The summed E-state index contributed by atoms with van der Waals surface area (Å²) in [6.45, 7) is 16.9. The molecule has 11 nitrogen and oxygen atoms in total. The number of benzene rings is 1. The van der Waals surface area contributed by atoms with Gasteiger partial charge in [-0.3, -0.25) is 9.48 Å². The van der Waals surface area contributed by atoms with E-state index < -0.39 is 11.1 Å². The normalized spacial score (nSPS) is 21.2. The minimum atomic E-state index is -0.596. The number of rotatable bonds is 9. The maximum Gasteiger partial charge on any atom is 0.410 e. The van der Waals surface area contributed by atoms with Crippen LogP contribution in [-0.2, 0) is 14.3 Å². The number of likely N-dealkylation sites (tertiary alicyclic amines) is 1. The zero-order valence-electron chi connectivity index (χ0n) is 29.0. The van der Waals surface area contributed by atoms with E-state index in [9.17, 15) is 9.59 Å². The summed E-state index contributed by atoms with van der Waals surface area (Å²) >= 11 is 16.1. The number of aromatic nitrogens is 2. The number of nitrogens with zero attached hydrogens (tertiary/aromatic N) is 5. The summed E-state index contributed by atoms with van der Waals surface area (Å²) in [7, 11) is 1.67. The minimum Gasteiger partial charge on any atom is -0.444 e. The summed E-state index contributed by atoms with van der Waals surface area (Å²) in [5, 5.41) is 17.9. The first-order valence-electron chi connectivity index (χ1n) is 16.2. The first kappa shape index (κ1) is 37.4. The molecule has 1 aromatic heterocycles. The van der Waals surface area contributed by atoms with Crippen LogP contribution in [0.4, 0.5) is 16.3 Å². The van der Waals surface area contributed by atoms with Crippen LogP contribution in [0.3, 0.4) is 0 Å². The molecule has 0 radical (unpaired) electrons. The second-order valence-electron chi connectivity index (χ2n) is 15.0. The summed E-state index contributed by atoms with van der Waals surface area (Å²) in [5.74, 6) is 0.719. The maximum absolute atomic E-state index is 13.2. The van der Waals surface area contributed by atoms with Crippen molar-refractivity contribution in [3.8, 4) is 11.1 Å². The summed E-state index contributed by atoms with van der Waals surface area (Å²) < 4.78 is 13.5. The van der Waals surface area contributed by atoms with Crippen molar-refractivity contribution in [2.45, 2.75) is 78.5 Å². The van der Waals surface area contributed by atoms with Gasteiger partial charge in [0.1, 0.15) is 5.60 Å². The van der Waals surface area contributed by atoms with E-state index in [1.807, 2.05) is 39.5 Å². The number of hydrogen-bond acceptors (Lipinski definition) is 8. The number of piperazine rings is 1. The molecule has 1 unspecified atom stereocenters. The van der Waals surface area contributed by atoms with Crippen LogP contribution < -0.4 is 9.99 Å². The zero-order chi connectivity index (χ0) is 35.3. The van der Waals surface area contributed by atoms with Gasteiger partial charge in [0.15, 0.2) is 5.82 Å². The van der Waals surface area contributed by atoms with Crippen LogP contribution in [0.1, 0.15) is 71.7 Å². The summed E-state index contributed by atoms with van der Waals surface area (Å²) in [4.78, 5) is 31.8. The molecule has 3 fully saturated rings. The van der Waals surface area contributed by atoms with Crippen LogP contribution in [0.2, 0.25) is 10.0 Å². The molecule has 1 aromatic carbocycles. The molecule has 3 heterocycles. The second-order valence-corrected chi connectivity index (χ2v) is 17.8. The van der Waals surface area contributed by atoms with E-state index >= 15 is 0 Å². The van der Waals surface area contributed by atoms with Crippen LogP contribution in [0, 0.1) is 23.7 Å². The quantitative estimate of drug-likeness (QED) is 0.151. The molecule has 15 heteroatoms. The Labute approximate surface area is 308 Å². The van der Waals surface area contributed by atoms with Crippen molar-refractivity contribution >= 4 is 81.3 Å². The molecule has 48 heavy (non-hydrogen) atoms. The average molecular weight is 835 g/mol. The molecule has 1 spiro atoms. The van der Waals surface area contributed by atoms with Gasteiger partial charge >= 0.3 is 6.09 Å². The summed E-state index contributed by atoms with van der Waals surface area (Å²) in [5.41, 5.74) is 2.67. The SMILES string of the molecule is COC[C@@]1(C)CN(C(=O)C(C)C)CCN1c1nn(C2CC3(C2)CN(C(=O)OC(C)(C)C)C3)c(C)c1-c1c(Cl)c(Cl)cc(NPI)c1C=N. The van der Waals surface area contributed by atoms with E-state index in [4.69, 9.17) is 43.2 Å². The molecule has 2 amide bonds. The highest BCUT2D eigenvalue weighted by Crippen LogP contribution is 2.56. The van der Waals surface area contributed by atoms with Gasteiger partial charge in [0.2, 0.25) is 5.91 Å². The van der Waals surface area contributed by atoms with Crippen molar-refractivity contribution < 1.29 is 19.1 Å². The van der Waals surface area contributed by atoms with Crippen LogP contribution in [0.25, 0.3) is 11.1 Å². The van der Waals surface area contributed by atoms with Crippen LogP contribution in [0.15, 0.2) is 6.07 Å². The van der Waals surface area contributed by atoms with Crippen LogP contribution >= 0.6 is 51.6 Å². The average Bonchev–Trinajstić information content (AvgIpc) is 3.27. The molecule has 5 rings (SSSR count). The highest BCUT2D eigenvalue weighted by Gasteiger charge is 2.56. The number of nitrogens with one attached hydrogen (secondary N) is 2. The lowest BCUT2D eigenvalue weighted by atomic mass is 9.61. The van der Waals surface area contributed by atoms with E-state index in [1.54, 1.807) is 18.1 Å². The van der Waals surface area contributed by atoms with Gasteiger partial charge in [-0.05, 0) is 75.6 Å². The predicted octanol–water partition coefficient (Wildman–Crippen LogP) is 7.80. The Kier molecular flexibility index (Phi) is 10.9. The van der Waals surface area contributed by atoms with Gasteiger partial charge in [0.05, 0.1) is 28.2 Å². The van der Waals surface area contributed by atoms with Gasteiger partial charge in [-0.15, -0.1) is 0 Å². The third kappa shape index (κ3) is 7.02. The number of carbonyl (C=O) groups is 2. The Morgan fingerprint density at radius 1 is 1.19 bits per heavy atom. The fourth-order valence-corrected chi connectivity index (χ4v) is 9.17. The number of anilines is 2. The van der Waals surface area contributed by atoms with E-state index in [1.165, 1.54) is 6.21 Å². The monoisotopic (exact) mass is 833 g/mol. The van der Waals surface area contributed by atoms with Gasteiger partial charge < -0.3 is 34.7 Å². The van der Waals surface area contributed by atoms with Crippen molar-refractivity contribution in [3.63, 3.8) is 0 Å². The van der Waals surface area contributed by atoms with E-state index in [0.29, 0.717) is 66.9 Å². The molecular weight excluding hydrogens is 787 g/mol. The van der Waals surface area contributed by atoms with Crippen molar-refractivity contribution in [3.05, 3.63) is 27.4 Å². The molecular formula is C33H47Cl2IN7O4P. The topological polar surface area (TPSA) is 116 Å². The molecule has 2 N–H and O–H groups in total. The molecule has 2 aliphatic heterocycles. The third-order valence-electron chi connectivity index (χ3n) is 9.65. The Morgan fingerprint density at radius 3 is 2.42 bits per heavy atom. The lowest BCUT2D eigenvalue weighted by molar-refractivity contribution is -0.136. The lowest BCUT2D eigenvalue weighted by Gasteiger charge is -2.58. The number of halogens is 3. The Hall–Kier alpha value is -1.86. The molecule has 2 aromatic rings.